The minimum absolute atomic E-state index is 0.109. The van der Waals surface area contributed by atoms with Crippen molar-refractivity contribution in [2.24, 2.45) is 11.8 Å². The summed E-state index contributed by atoms with van der Waals surface area (Å²) in [5.74, 6) is -1.48. The van der Waals surface area contributed by atoms with Gasteiger partial charge in [-0.2, -0.15) is 0 Å². The molecule has 1 aromatic carbocycles. The maximum Gasteiger partial charge on any atom is 0.253 e. The van der Waals surface area contributed by atoms with E-state index in [1.165, 1.54) is 4.90 Å². The van der Waals surface area contributed by atoms with Gasteiger partial charge in [0, 0.05) is 38.5 Å². The fourth-order valence-electron chi connectivity index (χ4n) is 6.14. The maximum absolute atomic E-state index is 14.2. The van der Waals surface area contributed by atoms with Gasteiger partial charge in [-0.15, -0.1) is 0 Å². The Kier molecular flexibility index (Phi) is 6.61. The van der Waals surface area contributed by atoms with Crippen LogP contribution in [-0.4, -0.2) is 90.3 Å². The van der Waals surface area contributed by atoms with Gasteiger partial charge >= 0.3 is 0 Å². The van der Waals surface area contributed by atoms with Gasteiger partial charge in [-0.3, -0.25) is 14.4 Å². The van der Waals surface area contributed by atoms with Gasteiger partial charge in [0.15, 0.2) is 0 Å². The second kappa shape index (κ2) is 9.71. The van der Waals surface area contributed by atoms with Crippen LogP contribution in [0.3, 0.4) is 0 Å². The van der Waals surface area contributed by atoms with Crippen LogP contribution in [0.15, 0.2) is 48.6 Å². The first kappa shape index (κ1) is 24.5. The summed E-state index contributed by atoms with van der Waals surface area (Å²) in [6, 6.07) is 6.26. The van der Waals surface area contributed by atoms with Crippen molar-refractivity contribution < 1.29 is 29.0 Å². The van der Waals surface area contributed by atoms with Crippen LogP contribution in [0.5, 0.6) is 5.75 Å². The number of nitrogens with zero attached hydrogens (tertiary/aromatic N) is 3. The van der Waals surface area contributed by atoms with E-state index in [-0.39, 0.29) is 30.9 Å². The van der Waals surface area contributed by atoms with Crippen LogP contribution >= 0.6 is 0 Å². The van der Waals surface area contributed by atoms with Crippen molar-refractivity contribution in [3.8, 4) is 5.75 Å². The normalized spacial score (nSPS) is 31.3. The third-order valence-corrected chi connectivity index (χ3v) is 7.68. The number of hydrogen-bond acceptors (Lipinski definition) is 6. The van der Waals surface area contributed by atoms with Crippen LogP contribution in [0.1, 0.15) is 19.8 Å². The Morgan fingerprint density at radius 2 is 1.83 bits per heavy atom. The highest BCUT2D eigenvalue weighted by Gasteiger charge is 2.71. The van der Waals surface area contributed by atoms with Crippen LogP contribution in [-0.2, 0) is 19.1 Å². The molecule has 1 aromatic rings. The van der Waals surface area contributed by atoms with Crippen molar-refractivity contribution in [3.63, 3.8) is 0 Å². The van der Waals surface area contributed by atoms with Crippen molar-refractivity contribution in [2.75, 3.05) is 44.8 Å². The Balaban J connectivity index is 1.57. The van der Waals surface area contributed by atoms with Crippen molar-refractivity contribution in [2.45, 2.75) is 37.5 Å². The van der Waals surface area contributed by atoms with Gasteiger partial charge in [-0.05, 0) is 37.1 Å². The van der Waals surface area contributed by atoms with E-state index in [2.05, 4.69) is 0 Å². The Morgan fingerprint density at radius 1 is 1.06 bits per heavy atom. The molecule has 4 aliphatic rings. The molecule has 0 aliphatic carbocycles. The molecule has 3 amide bonds. The lowest BCUT2D eigenvalue weighted by atomic mass is 9.77. The largest absolute Gasteiger partial charge is 0.497 e. The molecule has 9 heteroatoms. The monoisotopic (exact) mass is 495 g/mol. The zero-order valence-corrected chi connectivity index (χ0v) is 20.7. The number of anilines is 1. The number of aliphatic hydroxyl groups is 1. The molecule has 0 aromatic heterocycles. The van der Waals surface area contributed by atoms with Crippen molar-refractivity contribution in [3.05, 3.63) is 48.6 Å². The van der Waals surface area contributed by atoms with Crippen LogP contribution in [0, 0.1) is 11.8 Å². The van der Waals surface area contributed by atoms with E-state index in [1.807, 2.05) is 43.4 Å². The van der Waals surface area contributed by atoms with Gasteiger partial charge in [0.05, 0.1) is 25.0 Å². The molecule has 4 heterocycles. The molecule has 5 rings (SSSR count). The molecule has 2 saturated heterocycles. The average Bonchev–Trinajstić information content (AvgIpc) is 3.20. The van der Waals surface area contributed by atoms with Gasteiger partial charge in [-0.25, -0.2) is 0 Å². The smallest absolute Gasteiger partial charge is 0.253 e. The number of rotatable bonds is 7. The van der Waals surface area contributed by atoms with Crippen LogP contribution < -0.4 is 9.64 Å². The number of ether oxygens (including phenoxy) is 2. The number of carbonyl (C=O) groups excluding carboxylic acids is 3. The highest BCUT2D eigenvalue weighted by molar-refractivity contribution is 6.05. The van der Waals surface area contributed by atoms with E-state index in [0.29, 0.717) is 37.5 Å². The number of aliphatic hydroxyl groups excluding tert-OH is 1. The molecule has 192 valence electrons. The molecule has 36 heavy (non-hydrogen) atoms. The number of hydrogen-bond donors (Lipinski definition) is 1. The molecule has 5 atom stereocenters. The zero-order chi connectivity index (χ0) is 25.4. The summed E-state index contributed by atoms with van der Waals surface area (Å²) in [6.45, 7) is 3.49. The van der Waals surface area contributed by atoms with Crippen LogP contribution in [0.2, 0.25) is 0 Å². The first-order chi connectivity index (χ1) is 17.5. The predicted octanol–water partition coefficient (Wildman–Crippen LogP) is 1.37. The topological polar surface area (TPSA) is 99.6 Å². The van der Waals surface area contributed by atoms with E-state index in [1.54, 1.807) is 29.0 Å². The summed E-state index contributed by atoms with van der Waals surface area (Å²) in [6.07, 6.45) is 8.04. The van der Waals surface area contributed by atoms with Gasteiger partial charge in [-0.1, -0.05) is 31.2 Å². The summed E-state index contributed by atoms with van der Waals surface area (Å²) in [7, 11) is 1.58. The zero-order valence-electron chi connectivity index (χ0n) is 20.7. The number of methoxy groups -OCH3 is 1. The summed E-state index contributed by atoms with van der Waals surface area (Å²) in [5, 5.41) is 9.51. The molecule has 0 bridgehead atoms. The number of likely N-dealkylation sites (tertiary alicyclic amines) is 1. The molecule has 1 unspecified atom stereocenters. The number of fused-ring (bicyclic) bond motifs is 2. The van der Waals surface area contributed by atoms with Crippen molar-refractivity contribution >= 4 is 23.4 Å². The predicted molar refractivity (Wildman–Crippen MR) is 132 cm³/mol. The lowest BCUT2D eigenvalue weighted by molar-refractivity contribution is -0.144. The van der Waals surface area contributed by atoms with E-state index in [4.69, 9.17) is 9.47 Å². The van der Waals surface area contributed by atoms with E-state index in [0.717, 1.165) is 6.42 Å². The van der Waals surface area contributed by atoms with Crippen molar-refractivity contribution in [1.29, 1.82) is 0 Å². The highest BCUT2D eigenvalue weighted by atomic mass is 16.5. The molecule has 9 nitrogen and oxygen atoms in total. The van der Waals surface area contributed by atoms with Crippen LogP contribution in [0.25, 0.3) is 0 Å². The summed E-state index contributed by atoms with van der Waals surface area (Å²) in [5.41, 5.74) is -0.576. The van der Waals surface area contributed by atoms with E-state index < -0.39 is 29.6 Å². The molecule has 2 fully saturated rings. The summed E-state index contributed by atoms with van der Waals surface area (Å²) >= 11 is 0. The van der Waals surface area contributed by atoms with E-state index in [9.17, 15) is 19.5 Å². The molecule has 1 spiro atoms. The minimum atomic E-state index is -1.25. The molecule has 0 radical (unpaired) electrons. The van der Waals surface area contributed by atoms with Crippen LogP contribution in [0.4, 0.5) is 5.69 Å². The summed E-state index contributed by atoms with van der Waals surface area (Å²) < 4.78 is 11.8. The first-order valence-electron chi connectivity index (χ1n) is 12.6. The molecule has 4 aliphatic heterocycles. The molecule has 0 saturated carbocycles. The Hall–Kier alpha value is -3.17. The lowest BCUT2D eigenvalue weighted by Gasteiger charge is -2.35. The Labute approximate surface area is 210 Å². The number of amides is 3. The standard InChI is InChI=1S/C27H33N3O6/c1-3-13-28-14-4-7-20-21(24(28)32)22-25(33)30(16-6-17-31)23-26(34)29(15-5-12-27(22,23)36-20)18-8-10-19(35-2)11-9-18/h4-5,7-12,20-23,31H,3,6,13-17H2,1-2H3/t20-,21+,22-,23?,27-/m0/s1. The first-order valence-corrected chi connectivity index (χ1v) is 12.6. The molecule has 1 N–H and O–H groups in total. The fraction of sp³-hybridized carbons (Fsp3) is 0.519. The van der Waals surface area contributed by atoms with Gasteiger partial charge < -0.3 is 29.3 Å². The fourth-order valence-corrected chi connectivity index (χ4v) is 6.14. The quantitative estimate of drug-likeness (QED) is 0.574. The highest BCUT2D eigenvalue weighted by Crippen LogP contribution is 2.53. The Bertz CT molecular complexity index is 1090. The average molecular weight is 496 g/mol. The maximum atomic E-state index is 14.2. The lowest BCUT2D eigenvalue weighted by Crippen LogP contribution is -2.55. The number of benzene rings is 1. The summed E-state index contributed by atoms with van der Waals surface area (Å²) in [4.78, 5) is 46.7. The SMILES string of the molecule is CCCN1CC=C[C@@H]2O[C@]34C=CCN(c5ccc(OC)cc5)C(=O)C3N(CCCO)C(=O)[C@@H]4[C@@H]2C1=O. The second-order valence-corrected chi connectivity index (χ2v) is 9.71. The molecular weight excluding hydrogens is 462 g/mol. The van der Waals surface area contributed by atoms with Gasteiger partial charge in [0.25, 0.3) is 5.91 Å². The van der Waals surface area contributed by atoms with E-state index >= 15 is 0 Å². The third kappa shape index (κ3) is 3.72. The van der Waals surface area contributed by atoms with Gasteiger partial charge in [0.2, 0.25) is 11.8 Å². The second-order valence-electron chi connectivity index (χ2n) is 9.71. The van der Waals surface area contributed by atoms with Crippen molar-refractivity contribution in [1.82, 2.24) is 9.80 Å². The number of carbonyl (C=O) groups is 3. The van der Waals surface area contributed by atoms with Gasteiger partial charge in [0.1, 0.15) is 17.4 Å². The third-order valence-electron chi connectivity index (χ3n) is 7.68. The Morgan fingerprint density at radius 3 is 2.53 bits per heavy atom. The molecular formula is C27H33N3O6. The minimum Gasteiger partial charge on any atom is -0.497 e.